The highest BCUT2D eigenvalue weighted by atomic mass is 16.3. The van der Waals surface area contributed by atoms with Crippen LogP contribution >= 0.6 is 0 Å². The molecule has 1 amide bonds. The monoisotopic (exact) mass is 235 g/mol. The van der Waals surface area contributed by atoms with Crippen molar-refractivity contribution in [3.8, 4) is 11.5 Å². The fourth-order valence-electron chi connectivity index (χ4n) is 2.09. The smallest absolute Gasteiger partial charge is 0.251 e. The van der Waals surface area contributed by atoms with Crippen LogP contribution in [0.1, 0.15) is 36.5 Å². The lowest BCUT2D eigenvalue weighted by molar-refractivity contribution is 0.0948. The zero-order valence-electron chi connectivity index (χ0n) is 9.81. The predicted octanol–water partition coefficient (Wildman–Crippen LogP) is 2.02. The van der Waals surface area contributed by atoms with Crippen molar-refractivity contribution in [2.75, 3.05) is 0 Å². The summed E-state index contributed by atoms with van der Waals surface area (Å²) in [6.07, 6.45) is 3.30. The summed E-state index contributed by atoms with van der Waals surface area (Å²) in [7, 11) is 0. The lowest BCUT2D eigenvalue weighted by atomic mass is 10.2. The van der Waals surface area contributed by atoms with Gasteiger partial charge in [0.1, 0.15) is 11.5 Å². The minimum absolute atomic E-state index is 0.101. The molecule has 0 bridgehead atoms. The summed E-state index contributed by atoms with van der Waals surface area (Å²) in [4.78, 5) is 11.8. The van der Waals surface area contributed by atoms with Crippen LogP contribution in [0, 0.1) is 5.92 Å². The summed E-state index contributed by atoms with van der Waals surface area (Å²) < 4.78 is 0. The minimum atomic E-state index is -0.236. The SMILES string of the molecule is CCCC1CC1NC(=O)c1cc(O)cc(O)c1. The first kappa shape index (κ1) is 11.8. The first-order valence-corrected chi connectivity index (χ1v) is 5.94. The molecule has 1 aromatic rings. The first-order chi connectivity index (χ1) is 8.10. The van der Waals surface area contributed by atoms with E-state index in [-0.39, 0.29) is 23.4 Å². The molecule has 0 saturated heterocycles. The predicted molar refractivity (Wildman–Crippen MR) is 64.0 cm³/mol. The van der Waals surface area contributed by atoms with Crippen molar-refractivity contribution in [2.24, 2.45) is 5.92 Å². The van der Waals surface area contributed by atoms with Gasteiger partial charge < -0.3 is 15.5 Å². The number of aromatic hydroxyl groups is 2. The largest absolute Gasteiger partial charge is 0.508 e. The summed E-state index contributed by atoms with van der Waals surface area (Å²) in [5, 5.41) is 21.5. The van der Waals surface area contributed by atoms with Gasteiger partial charge in [0.05, 0.1) is 0 Å². The molecule has 1 aromatic carbocycles. The average molecular weight is 235 g/mol. The Labute approximate surface area is 100 Å². The van der Waals surface area contributed by atoms with Crippen LogP contribution in [0.3, 0.4) is 0 Å². The third-order valence-electron chi connectivity index (χ3n) is 3.06. The van der Waals surface area contributed by atoms with Crippen LogP contribution in [-0.2, 0) is 0 Å². The van der Waals surface area contributed by atoms with E-state index in [4.69, 9.17) is 0 Å². The molecule has 0 aliphatic heterocycles. The Balaban J connectivity index is 1.96. The van der Waals surface area contributed by atoms with Crippen molar-refractivity contribution in [1.29, 1.82) is 0 Å². The van der Waals surface area contributed by atoms with E-state index < -0.39 is 0 Å². The van der Waals surface area contributed by atoms with E-state index >= 15 is 0 Å². The quantitative estimate of drug-likeness (QED) is 0.747. The molecule has 92 valence electrons. The molecule has 4 heteroatoms. The van der Waals surface area contributed by atoms with Crippen LogP contribution in [0.5, 0.6) is 11.5 Å². The number of hydrogen-bond acceptors (Lipinski definition) is 3. The van der Waals surface area contributed by atoms with Crippen molar-refractivity contribution in [3.63, 3.8) is 0 Å². The number of carbonyl (C=O) groups excluding carboxylic acids is 1. The van der Waals surface area contributed by atoms with E-state index in [9.17, 15) is 15.0 Å². The molecule has 1 saturated carbocycles. The minimum Gasteiger partial charge on any atom is -0.508 e. The Morgan fingerprint density at radius 1 is 1.35 bits per heavy atom. The normalized spacial score (nSPS) is 22.2. The topological polar surface area (TPSA) is 69.6 Å². The van der Waals surface area contributed by atoms with Gasteiger partial charge in [-0.25, -0.2) is 0 Å². The Hall–Kier alpha value is -1.71. The van der Waals surface area contributed by atoms with Gasteiger partial charge in [0.15, 0.2) is 0 Å². The molecular weight excluding hydrogens is 218 g/mol. The molecule has 2 atom stereocenters. The highest BCUT2D eigenvalue weighted by Crippen LogP contribution is 2.34. The molecule has 1 aliphatic rings. The molecule has 1 fully saturated rings. The summed E-state index contributed by atoms with van der Waals surface area (Å²) in [5.41, 5.74) is 0.296. The van der Waals surface area contributed by atoms with Gasteiger partial charge in [0, 0.05) is 17.7 Å². The van der Waals surface area contributed by atoms with E-state index in [1.165, 1.54) is 18.2 Å². The molecule has 3 N–H and O–H groups in total. The molecule has 4 nitrogen and oxygen atoms in total. The van der Waals surface area contributed by atoms with Crippen LogP contribution in [-0.4, -0.2) is 22.2 Å². The zero-order chi connectivity index (χ0) is 12.4. The highest BCUT2D eigenvalue weighted by Gasteiger charge is 2.37. The lowest BCUT2D eigenvalue weighted by Crippen LogP contribution is -2.26. The Morgan fingerprint density at radius 2 is 2.00 bits per heavy atom. The molecule has 2 unspecified atom stereocenters. The fraction of sp³-hybridized carbons (Fsp3) is 0.462. The van der Waals surface area contributed by atoms with Gasteiger partial charge in [-0.3, -0.25) is 4.79 Å². The second-order valence-corrected chi connectivity index (χ2v) is 4.60. The number of phenolic OH excluding ortho intramolecular Hbond substituents is 2. The van der Waals surface area contributed by atoms with Crippen LogP contribution < -0.4 is 5.32 Å². The molecule has 1 aliphatic carbocycles. The standard InChI is InChI=1S/C13H17NO3/c1-2-3-8-6-12(8)14-13(17)9-4-10(15)7-11(16)5-9/h4-5,7-8,12,15-16H,2-3,6H2,1H3,(H,14,17). The lowest BCUT2D eigenvalue weighted by Gasteiger charge is -2.05. The van der Waals surface area contributed by atoms with Crippen LogP contribution in [0.25, 0.3) is 0 Å². The van der Waals surface area contributed by atoms with E-state index in [0.29, 0.717) is 11.5 Å². The van der Waals surface area contributed by atoms with Crippen molar-refractivity contribution in [2.45, 2.75) is 32.2 Å². The molecule has 0 aromatic heterocycles. The summed E-state index contributed by atoms with van der Waals surface area (Å²) in [5.74, 6) is 0.154. The van der Waals surface area contributed by atoms with Crippen molar-refractivity contribution in [1.82, 2.24) is 5.32 Å². The second-order valence-electron chi connectivity index (χ2n) is 4.60. The third-order valence-corrected chi connectivity index (χ3v) is 3.06. The molecule has 0 spiro atoms. The second kappa shape index (κ2) is 4.65. The zero-order valence-corrected chi connectivity index (χ0v) is 9.81. The van der Waals surface area contributed by atoms with Crippen molar-refractivity contribution in [3.05, 3.63) is 23.8 Å². The van der Waals surface area contributed by atoms with E-state index in [1.807, 2.05) is 0 Å². The Kier molecular flexibility index (Phi) is 3.22. The summed E-state index contributed by atoms with van der Waals surface area (Å²) >= 11 is 0. The van der Waals surface area contributed by atoms with Crippen LogP contribution in [0.4, 0.5) is 0 Å². The van der Waals surface area contributed by atoms with Gasteiger partial charge in [-0.05, 0) is 30.9 Å². The van der Waals surface area contributed by atoms with Gasteiger partial charge in [0.25, 0.3) is 5.91 Å². The molecule has 2 rings (SSSR count). The maximum Gasteiger partial charge on any atom is 0.251 e. The van der Waals surface area contributed by atoms with E-state index in [2.05, 4.69) is 12.2 Å². The Morgan fingerprint density at radius 3 is 2.59 bits per heavy atom. The molecule has 17 heavy (non-hydrogen) atoms. The average Bonchev–Trinajstić information content (AvgIpc) is 2.95. The van der Waals surface area contributed by atoms with Gasteiger partial charge in [-0.15, -0.1) is 0 Å². The van der Waals surface area contributed by atoms with E-state index in [0.717, 1.165) is 19.3 Å². The van der Waals surface area contributed by atoms with Crippen LogP contribution in [0.15, 0.2) is 18.2 Å². The highest BCUT2D eigenvalue weighted by molar-refractivity contribution is 5.95. The fourth-order valence-corrected chi connectivity index (χ4v) is 2.09. The number of nitrogens with one attached hydrogen (secondary N) is 1. The van der Waals surface area contributed by atoms with Crippen molar-refractivity contribution >= 4 is 5.91 Å². The van der Waals surface area contributed by atoms with Gasteiger partial charge in [0.2, 0.25) is 0 Å². The van der Waals surface area contributed by atoms with E-state index in [1.54, 1.807) is 0 Å². The summed E-state index contributed by atoms with van der Waals surface area (Å²) in [6, 6.07) is 4.17. The molecule has 0 heterocycles. The molecular formula is C13H17NO3. The first-order valence-electron chi connectivity index (χ1n) is 5.94. The van der Waals surface area contributed by atoms with Gasteiger partial charge in [-0.2, -0.15) is 0 Å². The number of phenols is 2. The number of benzene rings is 1. The van der Waals surface area contributed by atoms with Crippen molar-refractivity contribution < 1.29 is 15.0 Å². The Bertz CT molecular complexity index is 410. The summed E-state index contributed by atoms with van der Waals surface area (Å²) in [6.45, 7) is 2.13. The maximum atomic E-state index is 11.8. The van der Waals surface area contributed by atoms with Crippen LogP contribution in [0.2, 0.25) is 0 Å². The maximum absolute atomic E-state index is 11.8. The molecule has 0 radical (unpaired) electrons. The number of carbonyl (C=O) groups is 1. The third kappa shape index (κ3) is 2.90. The number of amides is 1. The number of rotatable bonds is 4. The van der Waals surface area contributed by atoms with Gasteiger partial charge in [-0.1, -0.05) is 13.3 Å². The van der Waals surface area contributed by atoms with Gasteiger partial charge >= 0.3 is 0 Å². The number of hydrogen-bond donors (Lipinski definition) is 3.